The standard InChI is InChI=1S/C7H7ClF3N/c8-6(12)4-2-1-3-5(6)7(9,10)11/h1-5H,12H2. The first-order valence-corrected chi connectivity index (χ1v) is 3.62. The van der Waals surface area contributed by atoms with Gasteiger partial charge in [-0.25, -0.2) is 0 Å². The van der Waals surface area contributed by atoms with Crippen molar-refractivity contribution in [2.45, 2.75) is 11.2 Å². The fourth-order valence-corrected chi connectivity index (χ4v) is 1.26. The summed E-state index contributed by atoms with van der Waals surface area (Å²) in [5.41, 5.74) is 5.22. The Morgan fingerprint density at radius 3 is 2.25 bits per heavy atom. The molecule has 0 saturated heterocycles. The summed E-state index contributed by atoms with van der Waals surface area (Å²) in [5, 5.41) is 0. The van der Waals surface area contributed by atoms with Gasteiger partial charge in [-0.2, -0.15) is 13.2 Å². The van der Waals surface area contributed by atoms with Crippen LogP contribution in [0, 0.1) is 5.92 Å². The third-order valence-corrected chi connectivity index (χ3v) is 1.96. The van der Waals surface area contributed by atoms with E-state index in [4.69, 9.17) is 17.3 Å². The Hall–Kier alpha value is -0.480. The van der Waals surface area contributed by atoms with Crippen LogP contribution in [-0.2, 0) is 0 Å². The lowest BCUT2D eigenvalue weighted by atomic mass is 9.95. The maximum Gasteiger partial charge on any atom is 0.398 e. The molecule has 1 aliphatic rings. The molecule has 0 bridgehead atoms. The van der Waals surface area contributed by atoms with E-state index in [1.54, 1.807) is 0 Å². The first-order valence-electron chi connectivity index (χ1n) is 3.24. The summed E-state index contributed by atoms with van der Waals surface area (Å²) in [6, 6.07) is 0. The predicted molar refractivity (Wildman–Crippen MR) is 40.6 cm³/mol. The molecule has 0 aromatic rings. The molecule has 5 heteroatoms. The summed E-state index contributed by atoms with van der Waals surface area (Å²) in [7, 11) is 0. The second-order valence-electron chi connectivity index (χ2n) is 2.59. The van der Waals surface area contributed by atoms with Gasteiger partial charge in [0.25, 0.3) is 0 Å². The van der Waals surface area contributed by atoms with Gasteiger partial charge in [0.05, 0.1) is 0 Å². The van der Waals surface area contributed by atoms with Gasteiger partial charge in [-0.3, -0.25) is 0 Å². The molecule has 0 spiro atoms. The minimum absolute atomic E-state index is 0.951. The van der Waals surface area contributed by atoms with Crippen molar-refractivity contribution >= 4 is 11.6 Å². The molecule has 1 nitrogen and oxygen atoms in total. The fourth-order valence-electron chi connectivity index (χ4n) is 0.989. The Labute approximate surface area is 72.7 Å². The fraction of sp³-hybridized carbons (Fsp3) is 0.429. The number of hydrogen-bond donors (Lipinski definition) is 1. The van der Waals surface area contributed by atoms with Crippen LogP contribution in [0.2, 0.25) is 0 Å². The average Bonchev–Trinajstić information content (AvgIpc) is 1.83. The van der Waals surface area contributed by atoms with Gasteiger partial charge in [0.15, 0.2) is 0 Å². The molecule has 0 aromatic carbocycles. The molecule has 68 valence electrons. The maximum absolute atomic E-state index is 12.2. The topological polar surface area (TPSA) is 26.0 Å². The number of rotatable bonds is 0. The molecule has 2 atom stereocenters. The summed E-state index contributed by atoms with van der Waals surface area (Å²) in [6.45, 7) is 0. The van der Waals surface area contributed by atoms with Crippen molar-refractivity contribution in [1.29, 1.82) is 0 Å². The molecule has 2 unspecified atom stereocenters. The van der Waals surface area contributed by atoms with Crippen LogP contribution in [0.1, 0.15) is 0 Å². The quantitative estimate of drug-likeness (QED) is 0.468. The van der Waals surface area contributed by atoms with Crippen molar-refractivity contribution < 1.29 is 13.2 Å². The number of nitrogens with two attached hydrogens (primary N) is 1. The Balaban J connectivity index is 2.92. The number of allylic oxidation sites excluding steroid dienone is 2. The van der Waals surface area contributed by atoms with Crippen LogP contribution in [0.5, 0.6) is 0 Å². The zero-order valence-corrected chi connectivity index (χ0v) is 6.73. The summed E-state index contributed by atoms with van der Waals surface area (Å²) >= 11 is 5.44. The third kappa shape index (κ3) is 1.81. The first kappa shape index (κ1) is 9.61. The van der Waals surface area contributed by atoms with E-state index in [0.29, 0.717) is 0 Å². The summed E-state index contributed by atoms with van der Waals surface area (Å²) in [5.74, 6) is -1.81. The van der Waals surface area contributed by atoms with E-state index in [1.165, 1.54) is 12.2 Å². The van der Waals surface area contributed by atoms with E-state index in [0.717, 1.165) is 12.2 Å². The lowest BCUT2D eigenvalue weighted by Gasteiger charge is -2.30. The third-order valence-electron chi connectivity index (χ3n) is 1.60. The predicted octanol–water partition coefficient (Wildman–Crippen LogP) is 2.18. The second-order valence-corrected chi connectivity index (χ2v) is 3.25. The van der Waals surface area contributed by atoms with Gasteiger partial charge in [-0.15, -0.1) is 0 Å². The highest BCUT2D eigenvalue weighted by Gasteiger charge is 2.48. The second kappa shape index (κ2) is 2.78. The largest absolute Gasteiger partial charge is 0.398 e. The minimum atomic E-state index is -4.39. The zero-order valence-electron chi connectivity index (χ0n) is 5.98. The van der Waals surface area contributed by atoms with Crippen molar-refractivity contribution in [1.82, 2.24) is 0 Å². The van der Waals surface area contributed by atoms with Crippen LogP contribution >= 0.6 is 11.6 Å². The van der Waals surface area contributed by atoms with Crippen molar-refractivity contribution in [3.63, 3.8) is 0 Å². The molecule has 0 amide bonds. The van der Waals surface area contributed by atoms with Gasteiger partial charge in [-0.1, -0.05) is 29.8 Å². The molecule has 12 heavy (non-hydrogen) atoms. The molecule has 0 aliphatic heterocycles. The molecular weight excluding hydrogens is 191 g/mol. The van der Waals surface area contributed by atoms with Crippen LogP contribution < -0.4 is 5.73 Å². The van der Waals surface area contributed by atoms with Gasteiger partial charge in [0.1, 0.15) is 10.9 Å². The summed E-state index contributed by atoms with van der Waals surface area (Å²) in [6.07, 6.45) is 0.373. The Morgan fingerprint density at radius 2 is 1.92 bits per heavy atom. The lowest BCUT2D eigenvalue weighted by Crippen LogP contribution is -2.47. The Morgan fingerprint density at radius 1 is 1.33 bits per heavy atom. The van der Waals surface area contributed by atoms with Crippen LogP contribution in [0.25, 0.3) is 0 Å². The van der Waals surface area contributed by atoms with Gasteiger partial charge >= 0.3 is 6.18 Å². The number of alkyl halides is 4. The monoisotopic (exact) mass is 197 g/mol. The molecular formula is C7H7ClF3N. The van der Waals surface area contributed by atoms with E-state index < -0.39 is 17.1 Å². The van der Waals surface area contributed by atoms with E-state index in [9.17, 15) is 13.2 Å². The van der Waals surface area contributed by atoms with Crippen molar-refractivity contribution in [3.8, 4) is 0 Å². The average molecular weight is 198 g/mol. The van der Waals surface area contributed by atoms with Gasteiger partial charge in [0.2, 0.25) is 0 Å². The van der Waals surface area contributed by atoms with Crippen LogP contribution in [0.4, 0.5) is 13.2 Å². The normalized spacial score (nSPS) is 35.6. The highest BCUT2D eigenvalue weighted by molar-refractivity contribution is 6.25. The Bertz CT molecular complexity index is 229. The molecule has 0 saturated carbocycles. The smallest absolute Gasteiger partial charge is 0.309 e. The number of halogens is 4. The molecule has 0 radical (unpaired) electrons. The molecule has 1 rings (SSSR count). The van der Waals surface area contributed by atoms with Crippen molar-refractivity contribution in [2.75, 3.05) is 0 Å². The van der Waals surface area contributed by atoms with Crippen LogP contribution in [0.3, 0.4) is 0 Å². The molecule has 2 N–H and O–H groups in total. The van der Waals surface area contributed by atoms with Gasteiger partial charge in [0, 0.05) is 0 Å². The molecule has 0 aromatic heterocycles. The highest BCUT2D eigenvalue weighted by atomic mass is 35.5. The first-order chi connectivity index (χ1) is 5.34. The summed E-state index contributed by atoms with van der Waals surface area (Å²) < 4.78 is 36.6. The molecule has 1 aliphatic carbocycles. The maximum atomic E-state index is 12.2. The molecule has 0 heterocycles. The van der Waals surface area contributed by atoms with E-state index in [2.05, 4.69) is 0 Å². The van der Waals surface area contributed by atoms with Gasteiger partial charge in [-0.05, 0) is 6.08 Å². The van der Waals surface area contributed by atoms with Gasteiger partial charge < -0.3 is 5.73 Å². The van der Waals surface area contributed by atoms with E-state index >= 15 is 0 Å². The van der Waals surface area contributed by atoms with E-state index in [-0.39, 0.29) is 0 Å². The van der Waals surface area contributed by atoms with Crippen LogP contribution in [-0.4, -0.2) is 11.2 Å². The van der Waals surface area contributed by atoms with Crippen molar-refractivity contribution in [2.24, 2.45) is 11.7 Å². The lowest BCUT2D eigenvalue weighted by molar-refractivity contribution is -0.166. The number of hydrogen-bond acceptors (Lipinski definition) is 1. The SMILES string of the molecule is NC1(Cl)C=CC=CC1C(F)(F)F. The summed E-state index contributed by atoms with van der Waals surface area (Å²) in [4.78, 5) is -1.84. The Kier molecular flexibility index (Phi) is 2.23. The zero-order chi connectivity index (χ0) is 9.41. The highest BCUT2D eigenvalue weighted by Crippen LogP contribution is 2.38. The van der Waals surface area contributed by atoms with Crippen LogP contribution in [0.15, 0.2) is 24.3 Å². The van der Waals surface area contributed by atoms with Crippen molar-refractivity contribution in [3.05, 3.63) is 24.3 Å². The minimum Gasteiger partial charge on any atom is -0.309 e. The molecule has 0 fully saturated rings. The van der Waals surface area contributed by atoms with E-state index in [1.807, 2.05) is 0 Å².